The van der Waals surface area contributed by atoms with E-state index in [9.17, 15) is 0 Å². The molecule has 3 fully saturated rings. The molecule has 0 bridgehead atoms. The molecule has 1 aliphatic carbocycles. The first-order chi connectivity index (χ1) is 13.7. The first-order valence-corrected chi connectivity index (χ1v) is 10.7. The molecule has 3 aliphatic rings. The quantitative estimate of drug-likeness (QED) is 0.594. The Morgan fingerprint density at radius 1 is 1.25 bits per heavy atom. The third-order valence-corrected chi connectivity index (χ3v) is 6.45. The number of guanidine groups is 1. The zero-order valence-corrected chi connectivity index (χ0v) is 17.6. The maximum atomic E-state index is 6.13. The lowest BCUT2D eigenvalue weighted by atomic mass is 10.1. The predicted octanol–water partition coefficient (Wildman–Crippen LogP) is 1.49. The zero-order chi connectivity index (χ0) is 19.5. The molecule has 6 heteroatoms. The van der Waals surface area contributed by atoms with Crippen LogP contribution in [0.25, 0.3) is 0 Å². The largest absolute Gasteiger partial charge is 0.373 e. The van der Waals surface area contributed by atoms with Crippen molar-refractivity contribution in [3.8, 4) is 0 Å². The van der Waals surface area contributed by atoms with Gasteiger partial charge < -0.3 is 19.9 Å². The number of rotatable bonds is 6. The summed E-state index contributed by atoms with van der Waals surface area (Å²) < 4.78 is 6.13. The molecule has 2 aliphatic heterocycles. The van der Waals surface area contributed by atoms with E-state index in [1.807, 2.05) is 7.05 Å². The number of fused-ring (bicyclic) bond motifs is 1. The SMILES string of the molecule is CN=C(NCC(C1CC1)N(C)C)N1CC2OCCN(Cc3ccccc3)C2C1. The van der Waals surface area contributed by atoms with Gasteiger partial charge in [-0.1, -0.05) is 30.3 Å². The standard InChI is InChI=1S/C22H35N5O/c1-23-22(24-13-19(25(2)3)18-9-10-18)27-15-20-21(16-27)28-12-11-26(20)14-17-7-5-4-6-8-17/h4-8,18-21H,9-16H2,1-3H3,(H,23,24). The monoisotopic (exact) mass is 385 g/mol. The summed E-state index contributed by atoms with van der Waals surface area (Å²) >= 11 is 0. The number of hydrogen-bond donors (Lipinski definition) is 1. The first kappa shape index (κ1) is 19.7. The van der Waals surface area contributed by atoms with Gasteiger partial charge >= 0.3 is 0 Å². The molecule has 0 spiro atoms. The number of nitrogens with one attached hydrogen (secondary N) is 1. The molecular formula is C22H35N5O. The van der Waals surface area contributed by atoms with Gasteiger partial charge in [0.1, 0.15) is 0 Å². The van der Waals surface area contributed by atoms with Gasteiger partial charge in [0.15, 0.2) is 5.96 Å². The van der Waals surface area contributed by atoms with Gasteiger partial charge in [0, 0.05) is 45.8 Å². The van der Waals surface area contributed by atoms with Crippen LogP contribution in [0, 0.1) is 5.92 Å². The van der Waals surface area contributed by atoms with E-state index in [4.69, 9.17) is 4.74 Å². The van der Waals surface area contributed by atoms with E-state index in [0.29, 0.717) is 12.1 Å². The molecule has 4 rings (SSSR count). The van der Waals surface area contributed by atoms with Gasteiger partial charge in [-0.15, -0.1) is 0 Å². The van der Waals surface area contributed by atoms with Crippen molar-refractivity contribution in [2.24, 2.45) is 10.9 Å². The van der Waals surface area contributed by atoms with E-state index in [0.717, 1.165) is 51.2 Å². The van der Waals surface area contributed by atoms with Crippen LogP contribution in [0.5, 0.6) is 0 Å². The summed E-state index contributed by atoms with van der Waals surface area (Å²) in [5.74, 6) is 1.86. The predicted molar refractivity (Wildman–Crippen MR) is 114 cm³/mol. The fourth-order valence-electron chi connectivity index (χ4n) is 4.73. The Labute approximate surface area is 169 Å². The smallest absolute Gasteiger partial charge is 0.193 e. The minimum atomic E-state index is 0.268. The number of benzene rings is 1. The number of likely N-dealkylation sites (tertiary alicyclic amines) is 1. The van der Waals surface area contributed by atoms with Crippen molar-refractivity contribution in [3.05, 3.63) is 35.9 Å². The molecule has 0 amide bonds. The van der Waals surface area contributed by atoms with E-state index >= 15 is 0 Å². The van der Waals surface area contributed by atoms with E-state index in [-0.39, 0.29) is 6.10 Å². The molecule has 0 aromatic heterocycles. The summed E-state index contributed by atoms with van der Waals surface area (Å²) in [6.07, 6.45) is 2.99. The molecule has 1 aromatic carbocycles. The molecule has 3 atom stereocenters. The number of hydrogen-bond acceptors (Lipinski definition) is 4. The normalized spacial score (nSPS) is 27.1. The van der Waals surface area contributed by atoms with Crippen LogP contribution in [0.2, 0.25) is 0 Å². The molecule has 154 valence electrons. The van der Waals surface area contributed by atoms with Crippen molar-refractivity contribution >= 4 is 5.96 Å². The van der Waals surface area contributed by atoms with Crippen LogP contribution in [0.1, 0.15) is 18.4 Å². The number of ether oxygens (including phenoxy) is 1. The molecule has 1 N–H and O–H groups in total. The second-order valence-electron chi connectivity index (χ2n) is 8.63. The highest BCUT2D eigenvalue weighted by molar-refractivity contribution is 5.80. The Kier molecular flexibility index (Phi) is 6.19. The van der Waals surface area contributed by atoms with Gasteiger partial charge in [0.25, 0.3) is 0 Å². The molecule has 0 radical (unpaired) electrons. The van der Waals surface area contributed by atoms with Gasteiger partial charge in [-0.3, -0.25) is 9.89 Å². The van der Waals surface area contributed by atoms with Crippen LogP contribution in [0.15, 0.2) is 35.3 Å². The third-order valence-electron chi connectivity index (χ3n) is 6.45. The second kappa shape index (κ2) is 8.80. The highest BCUT2D eigenvalue weighted by Crippen LogP contribution is 2.34. The summed E-state index contributed by atoms with van der Waals surface area (Å²) in [6, 6.07) is 11.8. The highest BCUT2D eigenvalue weighted by Gasteiger charge is 2.41. The maximum Gasteiger partial charge on any atom is 0.193 e. The molecule has 3 unspecified atom stereocenters. The minimum Gasteiger partial charge on any atom is -0.373 e. The average Bonchev–Trinajstić information content (AvgIpc) is 3.43. The molecule has 2 heterocycles. The van der Waals surface area contributed by atoms with Gasteiger partial charge in [0.05, 0.1) is 18.8 Å². The molecular weight excluding hydrogens is 350 g/mol. The van der Waals surface area contributed by atoms with E-state index in [2.05, 4.69) is 69.4 Å². The number of likely N-dealkylation sites (N-methyl/N-ethyl adjacent to an activating group) is 1. The van der Waals surface area contributed by atoms with Crippen LogP contribution < -0.4 is 5.32 Å². The van der Waals surface area contributed by atoms with Gasteiger partial charge in [-0.25, -0.2) is 0 Å². The number of aliphatic imine (C=N–C) groups is 1. The van der Waals surface area contributed by atoms with Gasteiger partial charge in [-0.05, 0) is 38.4 Å². The second-order valence-corrected chi connectivity index (χ2v) is 8.63. The molecule has 1 aromatic rings. The molecule has 28 heavy (non-hydrogen) atoms. The Hall–Kier alpha value is -1.63. The van der Waals surface area contributed by atoms with Crippen LogP contribution in [0.4, 0.5) is 0 Å². The molecule has 2 saturated heterocycles. The van der Waals surface area contributed by atoms with E-state index in [1.165, 1.54) is 18.4 Å². The Morgan fingerprint density at radius 2 is 2.04 bits per heavy atom. The van der Waals surface area contributed by atoms with Crippen molar-refractivity contribution in [1.29, 1.82) is 0 Å². The summed E-state index contributed by atoms with van der Waals surface area (Å²) in [5, 5.41) is 3.65. The minimum absolute atomic E-state index is 0.268. The lowest BCUT2D eigenvalue weighted by molar-refractivity contribution is -0.0502. The van der Waals surface area contributed by atoms with Crippen molar-refractivity contribution in [2.45, 2.75) is 37.6 Å². The van der Waals surface area contributed by atoms with Crippen LogP contribution in [-0.2, 0) is 11.3 Å². The van der Waals surface area contributed by atoms with Gasteiger partial charge in [0.2, 0.25) is 0 Å². The fourth-order valence-corrected chi connectivity index (χ4v) is 4.73. The lowest BCUT2D eigenvalue weighted by Gasteiger charge is -2.36. The Balaban J connectivity index is 1.36. The van der Waals surface area contributed by atoms with Crippen molar-refractivity contribution in [2.75, 3.05) is 53.9 Å². The van der Waals surface area contributed by atoms with Crippen LogP contribution in [-0.4, -0.2) is 92.8 Å². The fraction of sp³-hybridized carbons (Fsp3) is 0.682. The first-order valence-electron chi connectivity index (χ1n) is 10.7. The summed E-state index contributed by atoms with van der Waals surface area (Å²) in [4.78, 5) is 11.9. The van der Waals surface area contributed by atoms with Crippen LogP contribution >= 0.6 is 0 Å². The topological polar surface area (TPSA) is 43.3 Å². The zero-order valence-electron chi connectivity index (χ0n) is 17.6. The lowest BCUT2D eigenvalue weighted by Crippen LogP contribution is -2.50. The Morgan fingerprint density at radius 3 is 2.71 bits per heavy atom. The summed E-state index contributed by atoms with van der Waals surface area (Å²) in [6.45, 7) is 5.68. The third kappa shape index (κ3) is 4.50. The number of nitrogens with zero attached hydrogens (tertiary/aromatic N) is 4. The molecule has 6 nitrogen and oxygen atoms in total. The van der Waals surface area contributed by atoms with E-state index < -0.39 is 0 Å². The summed E-state index contributed by atoms with van der Waals surface area (Å²) in [7, 11) is 6.27. The summed E-state index contributed by atoms with van der Waals surface area (Å²) in [5.41, 5.74) is 1.38. The van der Waals surface area contributed by atoms with Crippen molar-refractivity contribution in [1.82, 2.24) is 20.0 Å². The van der Waals surface area contributed by atoms with E-state index in [1.54, 1.807) is 0 Å². The highest BCUT2D eigenvalue weighted by atomic mass is 16.5. The molecule has 1 saturated carbocycles. The van der Waals surface area contributed by atoms with Crippen molar-refractivity contribution in [3.63, 3.8) is 0 Å². The van der Waals surface area contributed by atoms with Crippen molar-refractivity contribution < 1.29 is 4.74 Å². The maximum absolute atomic E-state index is 6.13. The van der Waals surface area contributed by atoms with Gasteiger partial charge in [-0.2, -0.15) is 0 Å². The Bertz CT molecular complexity index is 658. The van der Waals surface area contributed by atoms with Crippen LogP contribution in [0.3, 0.4) is 0 Å². The number of morpholine rings is 1. The average molecular weight is 386 g/mol.